The highest BCUT2D eigenvalue weighted by Crippen LogP contribution is 2.61. The van der Waals surface area contributed by atoms with E-state index < -0.39 is 18.1 Å². The first-order chi connectivity index (χ1) is 18.2. The predicted molar refractivity (Wildman–Crippen MR) is 139 cm³/mol. The number of hydrogen-bond donors (Lipinski definition) is 2. The molecular formula is C26H30F3N5O4S. The van der Waals surface area contributed by atoms with Crippen LogP contribution in [0.25, 0.3) is 10.1 Å². The molecule has 2 aliphatic rings. The molecule has 2 aromatic heterocycles. The summed E-state index contributed by atoms with van der Waals surface area (Å²) < 4.78 is 38.1. The maximum atomic E-state index is 11.8. The van der Waals surface area contributed by atoms with Gasteiger partial charge in [-0.3, -0.25) is 19.4 Å². The fourth-order valence-electron chi connectivity index (χ4n) is 4.40. The van der Waals surface area contributed by atoms with Crippen LogP contribution >= 0.6 is 11.3 Å². The Morgan fingerprint density at radius 1 is 1.38 bits per heavy atom. The molecule has 1 aliphatic carbocycles. The molecule has 0 bridgehead atoms. The van der Waals surface area contributed by atoms with E-state index in [9.17, 15) is 22.8 Å². The number of nitrogens with zero attached hydrogens (tertiary/aromatic N) is 3. The number of pyridine rings is 1. The van der Waals surface area contributed by atoms with Crippen LogP contribution in [-0.2, 0) is 19.1 Å². The minimum atomic E-state index is -4.86. The Morgan fingerprint density at radius 3 is 2.44 bits per heavy atom. The van der Waals surface area contributed by atoms with E-state index in [2.05, 4.69) is 35.8 Å². The molecule has 39 heavy (non-hydrogen) atoms. The van der Waals surface area contributed by atoms with Crippen LogP contribution in [0.15, 0.2) is 17.8 Å². The lowest BCUT2D eigenvalue weighted by molar-refractivity contribution is -0.169. The molecule has 3 N–H and O–H groups in total. The summed E-state index contributed by atoms with van der Waals surface area (Å²) in [6.45, 7) is 8.49. The van der Waals surface area contributed by atoms with E-state index in [4.69, 9.17) is 21.2 Å². The quantitative estimate of drug-likeness (QED) is 0.408. The van der Waals surface area contributed by atoms with Gasteiger partial charge in [-0.15, -0.1) is 17.8 Å². The number of halogens is 3. The Hall–Kier alpha value is -3.68. The number of nitrogens with one attached hydrogen (secondary N) is 1. The van der Waals surface area contributed by atoms with Gasteiger partial charge in [-0.2, -0.15) is 18.4 Å². The molecule has 4 rings (SSSR count). The maximum absolute atomic E-state index is 11.8. The molecule has 1 saturated carbocycles. The van der Waals surface area contributed by atoms with E-state index in [0.29, 0.717) is 23.8 Å². The number of rotatable bonds is 6. The number of nitriles is 1. The summed E-state index contributed by atoms with van der Waals surface area (Å²) in [5, 5.41) is 14.1. The molecular weight excluding hydrogens is 535 g/mol. The summed E-state index contributed by atoms with van der Waals surface area (Å²) in [7, 11) is 1.66. The SMILES string of the molecule is C#Cc1csc2cncc(C(C#N)NC=O)c12.CO[C@H](C)CC(=O)N1CC2C(C1)C2(C)C.NC(=O)C(F)(F)F. The molecule has 3 heterocycles. The minimum absolute atomic E-state index is 0.0439. The lowest BCUT2D eigenvalue weighted by Gasteiger charge is -2.23. The number of ether oxygens (including phenoxy) is 1. The molecule has 1 saturated heterocycles. The van der Waals surface area contributed by atoms with Gasteiger partial charge in [0.15, 0.2) is 0 Å². The fourth-order valence-corrected chi connectivity index (χ4v) is 5.30. The van der Waals surface area contributed by atoms with Crippen molar-refractivity contribution in [2.75, 3.05) is 20.2 Å². The zero-order valence-electron chi connectivity index (χ0n) is 21.9. The van der Waals surface area contributed by atoms with Crippen LogP contribution in [0.1, 0.15) is 44.4 Å². The van der Waals surface area contributed by atoms with Crippen molar-refractivity contribution in [3.8, 4) is 18.4 Å². The number of likely N-dealkylation sites (tertiary alicyclic amines) is 1. The molecule has 3 amide bonds. The highest BCUT2D eigenvalue weighted by atomic mass is 32.1. The van der Waals surface area contributed by atoms with Gasteiger partial charge in [0.1, 0.15) is 6.04 Å². The average Bonchev–Trinajstić information content (AvgIpc) is 3.31. The summed E-state index contributed by atoms with van der Waals surface area (Å²) in [5.74, 6) is 2.07. The second-order valence-corrected chi connectivity index (χ2v) is 10.6. The van der Waals surface area contributed by atoms with Crippen molar-refractivity contribution in [2.45, 2.75) is 45.5 Å². The maximum Gasteiger partial charge on any atom is 0.470 e. The predicted octanol–water partition coefficient (Wildman–Crippen LogP) is 3.15. The van der Waals surface area contributed by atoms with Crippen LogP contribution in [0, 0.1) is 40.9 Å². The van der Waals surface area contributed by atoms with E-state index in [1.807, 2.05) is 23.3 Å². The van der Waals surface area contributed by atoms with Gasteiger partial charge in [0.25, 0.3) is 0 Å². The number of terminal acetylenes is 1. The first-order valence-electron chi connectivity index (χ1n) is 11.8. The van der Waals surface area contributed by atoms with Crippen LogP contribution in [-0.4, -0.2) is 60.6 Å². The third-order valence-corrected chi connectivity index (χ3v) is 7.88. The van der Waals surface area contributed by atoms with Gasteiger partial charge < -0.3 is 20.7 Å². The first kappa shape index (κ1) is 31.5. The number of thiophene rings is 1. The van der Waals surface area contributed by atoms with Gasteiger partial charge in [0, 0.05) is 54.5 Å². The molecule has 1 aliphatic heterocycles. The number of piperidine rings is 1. The van der Waals surface area contributed by atoms with Crippen molar-refractivity contribution in [3.05, 3.63) is 28.9 Å². The monoisotopic (exact) mass is 565 g/mol. The third-order valence-electron chi connectivity index (χ3n) is 6.96. The summed E-state index contributed by atoms with van der Waals surface area (Å²) in [6.07, 6.45) is 4.86. The standard InChI is InChI=1S/C12H7N3OS.C12H21NO2.C2H2F3NO/c1-2-8-6-17-11-5-14-4-9(12(8)11)10(3-13)15-7-16;1-8(15-4)5-11(14)13-6-9-10(7-13)12(9,2)3;3-2(4,5)1(6)7/h1,4-7,10H,(H,15,16);8-10H,5-7H2,1-4H3;(H2,6,7)/t;8-,9?,10?;/m.1./s1. The number of alkyl halides is 3. The number of primary amides is 1. The molecule has 2 aromatic rings. The second kappa shape index (κ2) is 12.9. The van der Waals surface area contributed by atoms with Crippen molar-refractivity contribution in [2.24, 2.45) is 23.0 Å². The van der Waals surface area contributed by atoms with Crippen LogP contribution in [0.4, 0.5) is 13.2 Å². The van der Waals surface area contributed by atoms with Crippen LogP contribution in [0.5, 0.6) is 0 Å². The number of methoxy groups -OCH3 is 1. The zero-order chi connectivity index (χ0) is 29.5. The van der Waals surface area contributed by atoms with Gasteiger partial charge in [0.05, 0.1) is 23.3 Å². The normalized spacial score (nSPS) is 20.0. The van der Waals surface area contributed by atoms with Gasteiger partial charge in [0.2, 0.25) is 12.3 Å². The van der Waals surface area contributed by atoms with E-state index in [0.717, 1.165) is 40.6 Å². The molecule has 9 nitrogen and oxygen atoms in total. The number of aromatic nitrogens is 1. The van der Waals surface area contributed by atoms with Crippen molar-refractivity contribution in [1.29, 1.82) is 5.26 Å². The summed E-state index contributed by atoms with van der Waals surface area (Å²) >= 11 is 1.47. The molecule has 4 atom stereocenters. The lowest BCUT2D eigenvalue weighted by Crippen LogP contribution is -2.34. The zero-order valence-corrected chi connectivity index (χ0v) is 22.7. The topological polar surface area (TPSA) is 138 Å². The van der Waals surface area contributed by atoms with Gasteiger partial charge in [-0.05, 0) is 24.2 Å². The lowest BCUT2D eigenvalue weighted by atomic mass is 10.0. The molecule has 3 unspecified atom stereocenters. The number of hydrogen-bond acceptors (Lipinski definition) is 7. The van der Waals surface area contributed by atoms with E-state index in [1.54, 1.807) is 19.5 Å². The molecule has 2 fully saturated rings. The van der Waals surface area contributed by atoms with Gasteiger partial charge in [-0.25, -0.2) is 0 Å². The third kappa shape index (κ3) is 7.68. The second-order valence-electron chi connectivity index (χ2n) is 9.69. The molecule has 0 aromatic carbocycles. The van der Waals surface area contributed by atoms with Gasteiger partial charge >= 0.3 is 12.1 Å². The van der Waals surface area contributed by atoms with Crippen molar-refractivity contribution in [1.82, 2.24) is 15.2 Å². The Morgan fingerprint density at radius 2 is 1.97 bits per heavy atom. The largest absolute Gasteiger partial charge is 0.470 e. The van der Waals surface area contributed by atoms with E-state index >= 15 is 0 Å². The first-order valence-corrected chi connectivity index (χ1v) is 12.7. The Kier molecular flexibility index (Phi) is 10.4. The highest BCUT2D eigenvalue weighted by molar-refractivity contribution is 7.17. The molecule has 0 radical (unpaired) electrons. The van der Waals surface area contributed by atoms with Gasteiger partial charge in [-0.1, -0.05) is 19.8 Å². The summed E-state index contributed by atoms with van der Waals surface area (Å²) in [5.41, 5.74) is 5.64. The van der Waals surface area contributed by atoms with Crippen LogP contribution in [0.3, 0.4) is 0 Å². The molecule has 13 heteroatoms. The number of carbonyl (C=O) groups is 3. The van der Waals surface area contributed by atoms with E-state index in [-0.39, 0.29) is 12.0 Å². The summed E-state index contributed by atoms with van der Waals surface area (Å²) in [4.78, 5) is 37.5. The Bertz CT molecular complexity index is 1270. The summed E-state index contributed by atoms with van der Waals surface area (Å²) in [6, 6.07) is 1.28. The Balaban J connectivity index is 0.000000223. The highest BCUT2D eigenvalue weighted by Gasteiger charge is 2.62. The number of fused-ring (bicyclic) bond motifs is 2. The smallest absolute Gasteiger partial charge is 0.381 e. The van der Waals surface area contributed by atoms with Crippen LogP contribution in [0.2, 0.25) is 0 Å². The number of nitrogens with two attached hydrogens (primary N) is 1. The van der Waals surface area contributed by atoms with Crippen molar-refractivity contribution < 1.29 is 32.3 Å². The average molecular weight is 566 g/mol. The molecule has 210 valence electrons. The number of carbonyl (C=O) groups excluding carboxylic acids is 3. The number of amides is 3. The molecule has 0 spiro atoms. The van der Waals surface area contributed by atoms with Crippen molar-refractivity contribution in [3.63, 3.8) is 0 Å². The van der Waals surface area contributed by atoms with E-state index in [1.165, 1.54) is 11.3 Å². The minimum Gasteiger partial charge on any atom is -0.381 e. The van der Waals surface area contributed by atoms with Crippen LogP contribution < -0.4 is 11.1 Å². The fraction of sp³-hybridized carbons (Fsp3) is 0.500. The Labute approximate surface area is 228 Å². The van der Waals surface area contributed by atoms with Crippen molar-refractivity contribution >= 4 is 39.6 Å².